The maximum Gasteiger partial charge on any atom is 0.0162 e. The van der Waals surface area contributed by atoms with Crippen LogP contribution in [0.2, 0.25) is 0 Å². The van der Waals surface area contributed by atoms with Crippen LogP contribution in [0.5, 0.6) is 0 Å². The Morgan fingerprint density at radius 2 is 1.77 bits per heavy atom. The molecule has 0 amide bonds. The van der Waals surface area contributed by atoms with E-state index in [0.717, 1.165) is 6.54 Å². The highest BCUT2D eigenvalue weighted by atomic mass is 15.1. The topological polar surface area (TPSA) is 3.24 Å². The highest BCUT2D eigenvalue weighted by molar-refractivity contribution is 5.05. The first-order valence-corrected chi connectivity index (χ1v) is 5.69. The fraction of sp³-hybridized carbons (Fsp3) is 0.833. The maximum absolute atomic E-state index is 2.35. The van der Waals surface area contributed by atoms with Crippen molar-refractivity contribution in [2.75, 3.05) is 20.1 Å². The summed E-state index contributed by atoms with van der Waals surface area (Å²) in [6.07, 6.45) is 4.88. The Morgan fingerprint density at radius 1 is 1.23 bits per heavy atom. The molecule has 0 aromatic heterocycles. The fourth-order valence-electron chi connectivity index (χ4n) is 1.13. The molecule has 1 heteroatoms. The Morgan fingerprint density at radius 3 is 2.08 bits per heavy atom. The molecule has 1 heterocycles. The molecular weight excluding hydrogens is 158 g/mol. The lowest BCUT2D eigenvalue weighted by atomic mass is 10.1. The van der Waals surface area contributed by atoms with Gasteiger partial charge in [-0.25, -0.2) is 0 Å². The molecule has 1 rings (SSSR count). The van der Waals surface area contributed by atoms with Gasteiger partial charge in [0.1, 0.15) is 0 Å². The number of hydrogen-bond acceptors (Lipinski definition) is 1. The van der Waals surface area contributed by atoms with Gasteiger partial charge in [0.05, 0.1) is 0 Å². The van der Waals surface area contributed by atoms with E-state index in [1.807, 2.05) is 27.7 Å². The van der Waals surface area contributed by atoms with Gasteiger partial charge < -0.3 is 4.90 Å². The Hall–Kier alpha value is -0.300. The van der Waals surface area contributed by atoms with Gasteiger partial charge in [0.25, 0.3) is 0 Å². The fourth-order valence-corrected chi connectivity index (χ4v) is 1.13. The van der Waals surface area contributed by atoms with Crippen molar-refractivity contribution >= 4 is 0 Å². The lowest BCUT2D eigenvalue weighted by Gasteiger charge is -2.20. The molecule has 0 saturated heterocycles. The standard InChI is InChI=1S/C8H15N.2C2H6/c1-3-8-4-6-9(2)7-5-8;2*1-2/h4H,3,5-7H2,1-2H3;2*1-2H3. The molecule has 0 aliphatic carbocycles. The molecule has 0 aromatic carbocycles. The van der Waals surface area contributed by atoms with Crippen molar-refractivity contribution in [2.24, 2.45) is 0 Å². The van der Waals surface area contributed by atoms with Crippen molar-refractivity contribution < 1.29 is 0 Å². The smallest absolute Gasteiger partial charge is 0.0162 e. The molecule has 0 radical (unpaired) electrons. The minimum Gasteiger partial charge on any atom is -0.302 e. The van der Waals surface area contributed by atoms with Crippen molar-refractivity contribution in [3.8, 4) is 0 Å². The number of hydrogen-bond donors (Lipinski definition) is 0. The minimum absolute atomic E-state index is 1.16. The quantitative estimate of drug-likeness (QED) is 0.563. The molecule has 0 bridgehead atoms. The molecule has 0 N–H and O–H groups in total. The van der Waals surface area contributed by atoms with E-state index in [2.05, 4.69) is 24.9 Å². The third kappa shape index (κ3) is 8.04. The van der Waals surface area contributed by atoms with E-state index in [-0.39, 0.29) is 0 Å². The van der Waals surface area contributed by atoms with Crippen molar-refractivity contribution in [1.29, 1.82) is 0 Å². The van der Waals surface area contributed by atoms with E-state index < -0.39 is 0 Å². The van der Waals surface area contributed by atoms with Crippen LogP contribution in [0.25, 0.3) is 0 Å². The normalized spacial score (nSPS) is 16.0. The molecule has 0 saturated carbocycles. The molecule has 1 nitrogen and oxygen atoms in total. The van der Waals surface area contributed by atoms with E-state index in [0.29, 0.717) is 0 Å². The molecule has 1 aliphatic rings. The summed E-state index contributed by atoms with van der Waals surface area (Å²) >= 11 is 0. The van der Waals surface area contributed by atoms with Gasteiger partial charge in [-0.1, -0.05) is 46.3 Å². The molecule has 0 aromatic rings. The Bertz CT molecular complexity index is 116. The zero-order valence-corrected chi connectivity index (χ0v) is 10.4. The third-order valence-electron chi connectivity index (χ3n) is 1.96. The summed E-state index contributed by atoms with van der Waals surface area (Å²) in [5.41, 5.74) is 1.63. The van der Waals surface area contributed by atoms with Crippen molar-refractivity contribution in [1.82, 2.24) is 4.90 Å². The molecule has 0 unspecified atom stereocenters. The Kier molecular flexibility index (Phi) is 13.7. The summed E-state index contributed by atoms with van der Waals surface area (Å²) in [7, 11) is 2.17. The summed E-state index contributed by atoms with van der Waals surface area (Å²) in [5, 5.41) is 0. The van der Waals surface area contributed by atoms with Crippen LogP contribution < -0.4 is 0 Å². The number of rotatable bonds is 1. The van der Waals surface area contributed by atoms with Gasteiger partial charge in [0, 0.05) is 13.1 Å². The largest absolute Gasteiger partial charge is 0.302 e. The molecular formula is C12H27N. The van der Waals surface area contributed by atoms with Crippen LogP contribution in [0, 0.1) is 0 Å². The van der Waals surface area contributed by atoms with Crippen molar-refractivity contribution in [2.45, 2.75) is 47.5 Å². The van der Waals surface area contributed by atoms with Gasteiger partial charge in [-0.3, -0.25) is 0 Å². The molecule has 80 valence electrons. The van der Waals surface area contributed by atoms with E-state index in [1.165, 1.54) is 19.4 Å². The summed E-state index contributed by atoms with van der Waals surface area (Å²) in [5.74, 6) is 0. The van der Waals surface area contributed by atoms with Crippen LogP contribution in [0.15, 0.2) is 11.6 Å². The second-order valence-electron chi connectivity index (χ2n) is 2.73. The Labute approximate surface area is 84.8 Å². The first-order valence-electron chi connectivity index (χ1n) is 5.69. The minimum atomic E-state index is 1.16. The van der Waals surface area contributed by atoms with E-state index in [9.17, 15) is 0 Å². The molecule has 0 fully saturated rings. The summed E-state index contributed by atoms with van der Waals surface area (Å²) in [4.78, 5) is 2.35. The van der Waals surface area contributed by atoms with Gasteiger partial charge >= 0.3 is 0 Å². The predicted octanol–water partition coefficient (Wildman–Crippen LogP) is 3.71. The number of likely N-dealkylation sites (N-methyl/N-ethyl adjacent to an activating group) is 1. The van der Waals surface area contributed by atoms with Gasteiger partial charge in [-0.2, -0.15) is 0 Å². The van der Waals surface area contributed by atoms with Crippen LogP contribution in [0.3, 0.4) is 0 Å². The van der Waals surface area contributed by atoms with Gasteiger partial charge in [-0.05, 0) is 19.9 Å². The monoisotopic (exact) mass is 185 g/mol. The average Bonchev–Trinajstić information content (AvgIpc) is 2.25. The van der Waals surface area contributed by atoms with Crippen LogP contribution >= 0.6 is 0 Å². The van der Waals surface area contributed by atoms with E-state index in [1.54, 1.807) is 5.57 Å². The van der Waals surface area contributed by atoms with Crippen LogP contribution in [0.4, 0.5) is 0 Å². The SMILES string of the molecule is CC.CC.CCC1=CCN(C)CC1. The predicted molar refractivity (Wildman–Crippen MR) is 63.2 cm³/mol. The molecule has 13 heavy (non-hydrogen) atoms. The van der Waals surface area contributed by atoms with Gasteiger partial charge in [0.2, 0.25) is 0 Å². The Balaban J connectivity index is 0. The van der Waals surface area contributed by atoms with Crippen LogP contribution in [-0.2, 0) is 0 Å². The lowest BCUT2D eigenvalue weighted by molar-refractivity contribution is 0.357. The highest BCUT2D eigenvalue weighted by Gasteiger charge is 2.04. The zero-order valence-electron chi connectivity index (χ0n) is 10.4. The third-order valence-corrected chi connectivity index (χ3v) is 1.96. The average molecular weight is 185 g/mol. The van der Waals surface area contributed by atoms with E-state index >= 15 is 0 Å². The summed E-state index contributed by atoms with van der Waals surface area (Å²) in [6, 6.07) is 0. The maximum atomic E-state index is 2.35. The molecule has 1 aliphatic heterocycles. The first-order chi connectivity index (χ1) is 6.33. The van der Waals surface area contributed by atoms with Crippen LogP contribution in [0.1, 0.15) is 47.5 Å². The first kappa shape index (κ1) is 15.2. The van der Waals surface area contributed by atoms with E-state index in [4.69, 9.17) is 0 Å². The second kappa shape index (κ2) is 11.7. The van der Waals surface area contributed by atoms with Gasteiger partial charge in [0.15, 0.2) is 0 Å². The zero-order chi connectivity index (χ0) is 10.7. The van der Waals surface area contributed by atoms with Crippen molar-refractivity contribution in [3.63, 3.8) is 0 Å². The lowest BCUT2D eigenvalue weighted by Crippen LogP contribution is -2.23. The van der Waals surface area contributed by atoms with Crippen molar-refractivity contribution in [3.05, 3.63) is 11.6 Å². The number of nitrogens with zero attached hydrogens (tertiary/aromatic N) is 1. The highest BCUT2D eigenvalue weighted by Crippen LogP contribution is 2.11. The summed E-state index contributed by atoms with van der Waals surface area (Å²) in [6.45, 7) is 12.6. The van der Waals surface area contributed by atoms with Crippen LogP contribution in [-0.4, -0.2) is 25.0 Å². The van der Waals surface area contributed by atoms with Gasteiger partial charge in [-0.15, -0.1) is 0 Å². The second-order valence-corrected chi connectivity index (χ2v) is 2.73. The molecule has 0 spiro atoms. The summed E-state index contributed by atoms with van der Waals surface area (Å²) < 4.78 is 0. The molecule has 0 atom stereocenters.